The Hall–Kier alpha value is -0.120. The van der Waals surface area contributed by atoms with Crippen LogP contribution in [0.25, 0.3) is 0 Å². The topological polar surface area (TPSA) is 32.5 Å². The Morgan fingerprint density at radius 3 is 2.65 bits per heavy atom. The van der Waals surface area contributed by atoms with Crippen LogP contribution in [0, 0.1) is 0 Å². The van der Waals surface area contributed by atoms with E-state index in [2.05, 4.69) is 16.7 Å². The van der Waals surface area contributed by atoms with E-state index in [0.717, 1.165) is 12.1 Å². The third kappa shape index (κ3) is 2.38. The third-order valence-corrected chi connectivity index (χ3v) is 5.23. The molecule has 0 bridgehead atoms. The first-order chi connectivity index (χ1) is 8.24. The fraction of sp³-hybridized carbons (Fsp3) is 1.00. The number of nitrogens with two attached hydrogens (primary N) is 1. The summed E-state index contributed by atoms with van der Waals surface area (Å²) < 4.78 is 0. The van der Waals surface area contributed by atoms with Crippen molar-refractivity contribution in [1.29, 1.82) is 0 Å². The molecule has 3 aliphatic heterocycles. The lowest BCUT2D eigenvalue weighted by molar-refractivity contribution is 0.0393. The summed E-state index contributed by atoms with van der Waals surface area (Å²) in [6.45, 7) is 6.31. The lowest BCUT2D eigenvalue weighted by Crippen LogP contribution is -2.54. The maximum absolute atomic E-state index is 6.07. The van der Waals surface area contributed by atoms with E-state index in [4.69, 9.17) is 5.73 Å². The number of hydrogen-bond acceptors (Lipinski definition) is 3. The van der Waals surface area contributed by atoms with Crippen LogP contribution in [0.2, 0.25) is 0 Å². The largest absolute Gasteiger partial charge is 0.328 e. The van der Waals surface area contributed by atoms with Gasteiger partial charge in [0, 0.05) is 30.7 Å². The zero-order chi connectivity index (χ0) is 11.8. The molecule has 0 aliphatic carbocycles. The number of fused-ring (bicyclic) bond motifs is 1. The Labute approximate surface area is 105 Å². The molecule has 3 rings (SSSR count). The molecule has 4 atom stereocenters. The second-order valence-corrected chi connectivity index (χ2v) is 6.38. The SMILES string of the molecule is CC1CC(N)CCN1C1CCN2CCCC2C1. The lowest BCUT2D eigenvalue weighted by Gasteiger charge is -2.46. The molecule has 0 aromatic rings. The molecule has 0 spiro atoms. The standard InChI is InChI=1S/C14H27N3/c1-11-9-12(15)4-8-17(11)14-5-7-16-6-2-3-13(16)10-14/h11-14H,2-10,15H2,1H3. The Morgan fingerprint density at radius 2 is 1.82 bits per heavy atom. The maximum atomic E-state index is 6.07. The van der Waals surface area contributed by atoms with Gasteiger partial charge >= 0.3 is 0 Å². The van der Waals surface area contributed by atoms with Crippen molar-refractivity contribution in [3.63, 3.8) is 0 Å². The number of hydrogen-bond donors (Lipinski definition) is 1. The molecule has 17 heavy (non-hydrogen) atoms. The molecule has 3 heteroatoms. The van der Waals surface area contributed by atoms with Crippen molar-refractivity contribution >= 4 is 0 Å². The molecule has 0 aromatic carbocycles. The van der Waals surface area contributed by atoms with Gasteiger partial charge in [-0.25, -0.2) is 0 Å². The highest BCUT2D eigenvalue weighted by Gasteiger charge is 2.36. The van der Waals surface area contributed by atoms with Crippen LogP contribution in [-0.2, 0) is 0 Å². The summed E-state index contributed by atoms with van der Waals surface area (Å²) in [5.74, 6) is 0. The highest BCUT2D eigenvalue weighted by atomic mass is 15.2. The highest BCUT2D eigenvalue weighted by molar-refractivity contribution is 4.93. The smallest absolute Gasteiger partial charge is 0.0125 e. The van der Waals surface area contributed by atoms with E-state index in [1.165, 1.54) is 58.2 Å². The van der Waals surface area contributed by atoms with E-state index in [0.29, 0.717) is 12.1 Å². The Morgan fingerprint density at radius 1 is 0.941 bits per heavy atom. The summed E-state index contributed by atoms with van der Waals surface area (Å²) in [5, 5.41) is 0. The number of nitrogens with zero attached hydrogens (tertiary/aromatic N) is 2. The second-order valence-electron chi connectivity index (χ2n) is 6.38. The van der Waals surface area contributed by atoms with Crippen molar-refractivity contribution in [3.05, 3.63) is 0 Å². The quantitative estimate of drug-likeness (QED) is 0.749. The fourth-order valence-electron chi connectivity index (χ4n) is 4.27. The molecule has 2 N–H and O–H groups in total. The van der Waals surface area contributed by atoms with E-state index < -0.39 is 0 Å². The van der Waals surface area contributed by atoms with Gasteiger partial charge in [0.15, 0.2) is 0 Å². The molecule has 0 saturated carbocycles. The first-order valence-corrected chi connectivity index (χ1v) is 7.49. The molecule has 3 saturated heterocycles. The maximum Gasteiger partial charge on any atom is 0.0125 e. The van der Waals surface area contributed by atoms with Gasteiger partial charge in [0.25, 0.3) is 0 Å². The molecule has 3 aliphatic rings. The molecule has 3 heterocycles. The van der Waals surface area contributed by atoms with Crippen LogP contribution >= 0.6 is 0 Å². The molecule has 0 radical (unpaired) electrons. The molecule has 3 nitrogen and oxygen atoms in total. The summed E-state index contributed by atoms with van der Waals surface area (Å²) in [5.41, 5.74) is 6.07. The summed E-state index contributed by atoms with van der Waals surface area (Å²) in [4.78, 5) is 5.48. The number of likely N-dealkylation sites (tertiary alicyclic amines) is 1. The van der Waals surface area contributed by atoms with Crippen LogP contribution in [0.3, 0.4) is 0 Å². The van der Waals surface area contributed by atoms with Gasteiger partial charge in [-0.3, -0.25) is 4.90 Å². The second kappa shape index (κ2) is 4.87. The minimum atomic E-state index is 0.452. The van der Waals surface area contributed by atoms with E-state index in [1.54, 1.807) is 0 Å². The van der Waals surface area contributed by atoms with Gasteiger partial charge in [0.1, 0.15) is 0 Å². The minimum Gasteiger partial charge on any atom is -0.328 e. The molecular weight excluding hydrogens is 210 g/mol. The summed E-state index contributed by atoms with van der Waals surface area (Å²) in [7, 11) is 0. The normalized spacial score (nSPS) is 44.8. The molecular formula is C14H27N3. The Kier molecular flexibility index (Phi) is 3.42. The van der Waals surface area contributed by atoms with E-state index in [-0.39, 0.29) is 0 Å². The molecule has 0 amide bonds. The molecule has 4 unspecified atom stereocenters. The lowest BCUT2D eigenvalue weighted by atomic mass is 9.91. The van der Waals surface area contributed by atoms with E-state index >= 15 is 0 Å². The van der Waals surface area contributed by atoms with Crippen molar-refractivity contribution < 1.29 is 0 Å². The molecule has 3 fully saturated rings. The Bertz CT molecular complexity index is 268. The highest BCUT2D eigenvalue weighted by Crippen LogP contribution is 2.31. The average molecular weight is 237 g/mol. The van der Waals surface area contributed by atoms with Gasteiger partial charge in [0.05, 0.1) is 0 Å². The monoisotopic (exact) mass is 237 g/mol. The van der Waals surface area contributed by atoms with Crippen molar-refractivity contribution in [1.82, 2.24) is 9.80 Å². The molecule has 0 aromatic heterocycles. The third-order valence-electron chi connectivity index (χ3n) is 5.23. The number of piperidine rings is 2. The minimum absolute atomic E-state index is 0.452. The van der Waals surface area contributed by atoms with E-state index in [1.807, 2.05) is 0 Å². The summed E-state index contributed by atoms with van der Waals surface area (Å²) >= 11 is 0. The summed E-state index contributed by atoms with van der Waals surface area (Å²) in [6.07, 6.45) is 8.08. The first-order valence-electron chi connectivity index (χ1n) is 7.49. The number of rotatable bonds is 1. The predicted molar refractivity (Wildman–Crippen MR) is 71.0 cm³/mol. The zero-order valence-electron chi connectivity index (χ0n) is 11.1. The van der Waals surface area contributed by atoms with Gasteiger partial charge in [-0.2, -0.15) is 0 Å². The first kappa shape index (κ1) is 11.9. The summed E-state index contributed by atoms with van der Waals surface area (Å²) in [6, 6.07) is 2.90. The van der Waals surface area contributed by atoms with Gasteiger partial charge in [-0.05, 0) is 58.5 Å². The van der Waals surface area contributed by atoms with Crippen molar-refractivity contribution in [2.45, 2.75) is 69.6 Å². The van der Waals surface area contributed by atoms with Crippen LogP contribution in [0.15, 0.2) is 0 Å². The van der Waals surface area contributed by atoms with Crippen molar-refractivity contribution in [3.8, 4) is 0 Å². The Balaban J connectivity index is 1.61. The predicted octanol–water partition coefficient (Wildman–Crippen LogP) is 1.42. The fourth-order valence-corrected chi connectivity index (χ4v) is 4.27. The van der Waals surface area contributed by atoms with Crippen LogP contribution in [0.5, 0.6) is 0 Å². The van der Waals surface area contributed by atoms with Crippen LogP contribution in [-0.4, -0.2) is 53.6 Å². The van der Waals surface area contributed by atoms with Crippen molar-refractivity contribution in [2.24, 2.45) is 5.73 Å². The molecule has 98 valence electrons. The average Bonchev–Trinajstić information content (AvgIpc) is 2.75. The van der Waals surface area contributed by atoms with E-state index in [9.17, 15) is 0 Å². The van der Waals surface area contributed by atoms with Gasteiger partial charge in [-0.15, -0.1) is 0 Å². The van der Waals surface area contributed by atoms with Crippen LogP contribution < -0.4 is 5.73 Å². The van der Waals surface area contributed by atoms with Gasteiger partial charge in [0.2, 0.25) is 0 Å². The van der Waals surface area contributed by atoms with Crippen LogP contribution in [0.4, 0.5) is 0 Å². The van der Waals surface area contributed by atoms with Crippen LogP contribution in [0.1, 0.15) is 45.4 Å². The zero-order valence-corrected chi connectivity index (χ0v) is 11.1. The van der Waals surface area contributed by atoms with Gasteiger partial charge < -0.3 is 10.6 Å². The van der Waals surface area contributed by atoms with Crippen molar-refractivity contribution in [2.75, 3.05) is 19.6 Å². The van der Waals surface area contributed by atoms with Gasteiger partial charge in [-0.1, -0.05) is 0 Å².